The summed E-state index contributed by atoms with van der Waals surface area (Å²) in [7, 11) is 0. The number of aromatic amines is 1. The molecule has 0 atom stereocenters. The molecule has 0 aliphatic rings. The van der Waals surface area contributed by atoms with Gasteiger partial charge in [0.05, 0.1) is 11.9 Å². The van der Waals surface area contributed by atoms with E-state index in [0.717, 1.165) is 22.7 Å². The van der Waals surface area contributed by atoms with Crippen LogP contribution in [0.3, 0.4) is 0 Å². The number of carbonyl (C=O) groups is 1. The van der Waals surface area contributed by atoms with E-state index in [2.05, 4.69) is 39.7 Å². The maximum absolute atomic E-state index is 13.4. The molecule has 2 heterocycles. The topological polar surface area (TPSA) is 69.8 Å². The molecular formula is C17H17FN4O. The van der Waals surface area contributed by atoms with E-state index >= 15 is 0 Å². The Bertz CT molecular complexity index is 843. The molecule has 118 valence electrons. The Morgan fingerprint density at radius 3 is 3.04 bits per heavy atom. The third kappa shape index (κ3) is 3.31. The first kappa shape index (κ1) is 15.0. The van der Waals surface area contributed by atoms with Gasteiger partial charge in [-0.15, -0.1) is 0 Å². The number of aromatic nitrogens is 2. The fraction of sp³-hybridized carbons (Fsp3) is 0.176. The Morgan fingerprint density at radius 2 is 2.22 bits per heavy atom. The third-order valence-corrected chi connectivity index (χ3v) is 3.71. The predicted octanol–water partition coefficient (Wildman–Crippen LogP) is 3.37. The van der Waals surface area contributed by atoms with Gasteiger partial charge in [-0.2, -0.15) is 0 Å². The number of halogens is 1. The molecular weight excluding hydrogens is 295 g/mol. The van der Waals surface area contributed by atoms with Crippen LogP contribution < -0.4 is 10.6 Å². The molecule has 0 spiro atoms. The molecule has 1 aromatic carbocycles. The van der Waals surface area contributed by atoms with Crippen LogP contribution in [0.5, 0.6) is 0 Å². The molecule has 23 heavy (non-hydrogen) atoms. The van der Waals surface area contributed by atoms with Crippen LogP contribution in [-0.2, 0) is 6.42 Å². The quantitative estimate of drug-likeness (QED) is 0.691. The first-order chi connectivity index (χ1) is 11.1. The van der Waals surface area contributed by atoms with Gasteiger partial charge in [-0.05, 0) is 30.5 Å². The summed E-state index contributed by atoms with van der Waals surface area (Å²) < 4.78 is 13.4. The van der Waals surface area contributed by atoms with Crippen molar-refractivity contribution in [3.05, 3.63) is 59.8 Å². The van der Waals surface area contributed by atoms with Crippen molar-refractivity contribution in [3.63, 3.8) is 0 Å². The highest BCUT2D eigenvalue weighted by Gasteiger charge is 2.08. The minimum absolute atomic E-state index is 0.111. The Kier molecular flexibility index (Phi) is 4.23. The summed E-state index contributed by atoms with van der Waals surface area (Å²) in [6.45, 7) is 2.51. The lowest BCUT2D eigenvalue weighted by atomic mass is 10.1. The van der Waals surface area contributed by atoms with Gasteiger partial charge >= 0.3 is 6.03 Å². The number of para-hydroxylation sites is 1. The van der Waals surface area contributed by atoms with Gasteiger partial charge in [-0.3, -0.25) is 4.98 Å². The summed E-state index contributed by atoms with van der Waals surface area (Å²) in [5.74, 6) is -0.560. The van der Waals surface area contributed by atoms with Crippen molar-refractivity contribution in [2.45, 2.75) is 13.3 Å². The molecule has 2 aromatic heterocycles. The fourth-order valence-electron chi connectivity index (χ4n) is 2.52. The number of anilines is 1. The van der Waals surface area contributed by atoms with Gasteiger partial charge in [0.1, 0.15) is 0 Å². The second-order valence-corrected chi connectivity index (χ2v) is 5.30. The second-order valence-electron chi connectivity index (χ2n) is 5.30. The lowest BCUT2D eigenvalue weighted by Crippen LogP contribution is -2.30. The van der Waals surface area contributed by atoms with E-state index in [9.17, 15) is 9.18 Å². The molecule has 5 nitrogen and oxygen atoms in total. The number of nitrogens with one attached hydrogen (secondary N) is 3. The van der Waals surface area contributed by atoms with Gasteiger partial charge in [-0.25, -0.2) is 9.18 Å². The summed E-state index contributed by atoms with van der Waals surface area (Å²) in [4.78, 5) is 18.7. The largest absolute Gasteiger partial charge is 0.361 e. The fourth-order valence-corrected chi connectivity index (χ4v) is 2.52. The normalized spacial score (nSPS) is 10.7. The number of amides is 2. The number of H-pyrrole nitrogens is 1. The Balaban J connectivity index is 1.57. The number of pyridine rings is 1. The first-order valence-electron chi connectivity index (χ1n) is 7.35. The van der Waals surface area contributed by atoms with Crippen molar-refractivity contribution >= 4 is 22.6 Å². The van der Waals surface area contributed by atoms with Crippen LogP contribution in [0.15, 0.2) is 42.9 Å². The maximum atomic E-state index is 13.4. The van der Waals surface area contributed by atoms with Crippen LogP contribution in [0, 0.1) is 12.7 Å². The van der Waals surface area contributed by atoms with Crippen molar-refractivity contribution in [1.82, 2.24) is 15.3 Å². The summed E-state index contributed by atoms with van der Waals surface area (Å²) >= 11 is 0. The second kappa shape index (κ2) is 6.48. The van der Waals surface area contributed by atoms with Crippen molar-refractivity contribution in [2.75, 3.05) is 11.9 Å². The molecule has 0 saturated carbocycles. The van der Waals surface area contributed by atoms with Crippen LogP contribution in [0.25, 0.3) is 10.9 Å². The Labute approximate surface area is 132 Å². The monoisotopic (exact) mass is 312 g/mol. The SMILES string of the molecule is Cc1cccc2c(CCNC(=O)Nc3ccncc3F)c[nH]c12. The number of hydrogen-bond donors (Lipinski definition) is 3. The number of benzene rings is 1. The third-order valence-electron chi connectivity index (χ3n) is 3.71. The van der Waals surface area contributed by atoms with Crippen LogP contribution >= 0.6 is 0 Å². The smallest absolute Gasteiger partial charge is 0.319 e. The molecule has 0 bridgehead atoms. The lowest BCUT2D eigenvalue weighted by Gasteiger charge is -2.07. The predicted molar refractivity (Wildman–Crippen MR) is 88.0 cm³/mol. The zero-order valence-electron chi connectivity index (χ0n) is 12.7. The Morgan fingerprint density at radius 1 is 1.35 bits per heavy atom. The molecule has 3 rings (SSSR count). The molecule has 6 heteroatoms. The zero-order valence-corrected chi connectivity index (χ0v) is 12.7. The number of fused-ring (bicyclic) bond motifs is 1. The van der Waals surface area contributed by atoms with Crippen molar-refractivity contribution in [3.8, 4) is 0 Å². The average Bonchev–Trinajstić information content (AvgIpc) is 2.94. The molecule has 0 aliphatic heterocycles. The van der Waals surface area contributed by atoms with Crippen molar-refractivity contribution in [1.29, 1.82) is 0 Å². The van der Waals surface area contributed by atoms with Crippen LogP contribution in [0.1, 0.15) is 11.1 Å². The van der Waals surface area contributed by atoms with Gasteiger partial charge in [-0.1, -0.05) is 18.2 Å². The molecule has 2 amide bonds. The molecule has 0 fully saturated rings. The van der Waals surface area contributed by atoms with E-state index in [4.69, 9.17) is 0 Å². The van der Waals surface area contributed by atoms with Gasteiger partial charge in [0.15, 0.2) is 5.82 Å². The van der Waals surface area contributed by atoms with E-state index in [1.807, 2.05) is 12.3 Å². The van der Waals surface area contributed by atoms with Crippen molar-refractivity contribution in [2.24, 2.45) is 0 Å². The first-order valence-corrected chi connectivity index (χ1v) is 7.35. The molecule has 3 aromatic rings. The number of nitrogens with zero attached hydrogens (tertiary/aromatic N) is 1. The van der Waals surface area contributed by atoms with E-state index in [1.165, 1.54) is 17.8 Å². The highest BCUT2D eigenvalue weighted by molar-refractivity contribution is 5.89. The van der Waals surface area contributed by atoms with E-state index in [0.29, 0.717) is 13.0 Å². The van der Waals surface area contributed by atoms with Crippen LogP contribution in [0.2, 0.25) is 0 Å². The molecule has 0 aliphatic carbocycles. The highest BCUT2D eigenvalue weighted by Crippen LogP contribution is 2.21. The number of urea groups is 1. The summed E-state index contributed by atoms with van der Waals surface area (Å²) in [6, 6.07) is 7.10. The molecule has 0 saturated heterocycles. The number of carbonyl (C=O) groups excluding carboxylic acids is 1. The molecule has 0 unspecified atom stereocenters. The lowest BCUT2D eigenvalue weighted by molar-refractivity contribution is 0.252. The minimum atomic E-state index is -0.560. The maximum Gasteiger partial charge on any atom is 0.319 e. The standard InChI is InChI=1S/C17H17FN4O/c1-11-3-2-4-13-12(9-21-16(11)13)5-8-20-17(23)22-15-6-7-19-10-14(15)18/h2-4,6-7,9-10,21H,5,8H2,1H3,(H2,19,20,22,23). The van der Waals surface area contributed by atoms with Gasteiger partial charge in [0.2, 0.25) is 0 Å². The summed E-state index contributed by atoms with van der Waals surface area (Å²) in [5.41, 5.74) is 3.55. The summed E-state index contributed by atoms with van der Waals surface area (Å²) in [5, 5.41) is 6.35. The van der Waals surface area contributed by atoms with Crippen LogP contribution in [0.4, 0.5) is 14.9 Å². The highest BCUT2D eigenvalue weighted by atomic mass is 19.1. The molecule has 0 radical (unpaired) electrons. The van der Waals surface area contributed by atoms with E-state index < -0.39 is 11.8 Å². The van der Waals surface area contributed by atoms with E-state index in [1.54, 1.807) is 0 Å². The zero-order chi connectivity index (χ0) is 16.2. The number of hydrogen-bond acceptors (Lipinski definition) is 2. The van der Waals surface area contributed by atoms with Gasteiger partial charge < -0.3 is 15.6 Å². The number of aryl methyl sites for hydroxylation is 1. The summed E-state index contributed by atoms with van der Waals surface area (Å²) in [6.07, 6.45) is 5.13. The number of rotatable bonds is 4. The van der Waals surface area contributed by atoms with Gasteiger partial charge in [0, 0.05) is 29.8 Å². The van der Waals surface area contributed by atoms with E-state index in [-0.39, 0.29) is 5.69 Å². The van der Waals surface area contributed by atoms with Crippen LogP contribution in [-0.4, -0.2) is 22.5 Å². The minimum Gasteiger partial charge on any atom is -0.361 e. The molecule has 3 N–H and O–H groups in total. The Hall–Kier alpha value is -2.89. The van der Waals surface area contributed by atoms with Crippen molar-refractivity contribution < 1.29 is 9.18 Å². The average molecular weight is 312 g/mol. The van der Waals surface area contributed by atoms with Gasteiger partial charge in [0.25, 0.3) is 0 Å².